The maximum atomic E-state index is 12.9. The van der Waals surface area contributed by atoms with E-state index < -0.39 is 6.10 Å². The number of carbonyl (C=O) groups is 3. The third-order valence-electron chi connectivity index (χ3n) is 17.0. The summed E-state index contributed by atoms with van der Waals surface area (Å²) in [7, 11) is 0. The minimum Gasteiger partial charge on any atom is -0.462 e. The highest BCUT2D eigenvalue weighted by molar-refractivity contribution is 5.71. The molecule has 0 aliphatic carbocycles. The molecule has 1 unspecified atom stereocenters. The molecule has 0 aliphatic rings. The highest BCUT2D eigenvalue weighted by atomic mass is 16.6. The van der Waals surface area contributed by atoms with Crippen molar-refractivity contribution in [2.24, 2.45) is 0 Å². The monoisotopic (exact) mass is 1130 g/mol. The van der Waals surface area contributed by atoms with Crippen LogP contribution in [0.4, 0.5) is 0 Å². The molecule has 80 heavy (non-hydrogen) atoms. The molecular formula is C74H142O6. The second-order valence-corrected chi connectivity index (χ2v) is 25.2. The van der Waals surface area contributed by atoms with Crippen LogP contribution in [0.1, 0.15) is 425 Å². The maximum absolute atomic E-state index is 12.9. The van der Waals surface area contributed by atoms with Gasteiger partial charge in [0.1, 0.15) is 13.2 Å². The predicted molar refractivity (Wildman–Crippen MR) is 349 cm³/mol. The summed E-state index contributed by atoms with van der Waals surface area (Å²) in [4.78, 5) is 38.4. The van der Waals surface area contributed by atoms with Crippen LogP contribution in [0.15, 0.2) is 12.2 Å². The van der Waals surface area contributed by atoms with Crippen molar-refractivity contribution in [1.29, 1.82) is 0 Å². The van der Waals surface area contributed by atoms with Gasteiger partial charge in [-0.15, -0.1) is 0 Å². The van der Waals surface area contributed by atoms with E-state index in [0.29, 0.717) is 19.3 Å². The van der Waals surface area contributed by atoms with E-state index in [4.69, 9.17) is 14.2 Å². The highest BCUT2D eigenvalue weighted by Crippen LogP contribution is 2.19. The molecule has 0 rings (SSSR count). The molecule has 474 valence electrons. The van der Waals surface area contributed by atoms with Gasteiger partial charge in [-0.05, 0) is 44.9 Å². The second-order valence-electron chi connectivity index (χ2n) is 25.2. The predicted octanol–water partition coefficient (Wildman–Crippen LogP) is 25.2. The van der Waals surface area contributed by atoms with E-state index in [1.807, 2.05) is 0 Å². The van der Waals surface area contributed by atoms with Crippen LogP contribution in [-0.2, 0) is 28.6 Å². The topological polar surface area (TPSA) is 78.9 Å². The zero-order valence-corrected chi connectivity index (χ0v) is 54.6. The molecule has 0 amide bonds. The molecule has 0 saturated carbocycles. The minimum absolute atomic E-state index is 0.0649. The number of allylic oxidation sites excluding steroid dienone is 2. The third kappa shape index (κ3) is 66.9. The van der Waals surface area contributed by atoms with Crippen molar-refractivity contribution >= 4 is 17.9 Å². The molecule has 0 N–H and O–H groups in total. The summed E-state index contributed by atoms with van der Waals surface area (Å²) in [6.45, 7) is 6.72. The number of ether oxygens (including phenoxy) is 3. The lowest BCUT2D eigenvalue weighted by Gasteiger charge is -2.18. The SMILES string of the molecule is CCCCCCCC/C=C\CCCCCCCCCC(=O)OC(COC(=O)CCCCCCCCCCCCCCCC)COC(=O)CCCCCCCCCCCCCCCCCCCCCCCCCCCCCCCCC. The number of unbranched alkanes of at least 4 members (excludes halogenated alkanes) is 56. The van der Waals surface area contributed by atoms with Crippen LogP contribution < -0.4 is 0 Å². The van der Waals surface area contributed by atoms with Gasteiger partial charge in [0.25, 0.3) is 0 Å². The first-order valence-electron chi connectivity index (χ1n) is 36.7. The molecule has 0 aromatic heterocycles. The first-order chi connectivity index (χ1) is 39.5. The quantitative estimate of drug-likeness (QED) is 0.0261. The zero-order valence-electron chi connectivity index (χ0n) is 54.6. The third-order valence-corrected chi connectivity index (χ3v) is 17.0. The number of esters is 3. The molecule has 0 radical (unpaired) electrons. The van der Waals surface area contributed by atoms with Gasteiger partial charge in [0, 0.05) is 19.3 Å². The van der Waals surface area contributed by atoms with Crippen LogP contribution in [0, 0.1) is 0 Å². The Labute approximate surface area is 501 Å². The normalized spacial score (nSPS) is 12.0. The van der Waals surface area contributed by atoms with Crippen molar-refractivity contribution in [3.05, 3.63) is 12.2 Å². The fraction of sp³-hybridized carbons (Fsp3) is 0.932. The minimum atomic E-state index is -0.769. The average Bonchev–Trinajstić information content (AvgIpc) is 3.46. The molecule has 0 heterocycles. The summed E-state index contributed by atoms with van der Waals surface area (Å²) in [5.41, 5.74) is 0. The van der Waals surface area contributed by atoms with Gasteiger partial charge in [0.15, 0.2) is 6.10 Å². The van der Waals surface area contributed by atoms with Gasteiger partial charge in [-0.2, -0.15) is 0 Å². The van der Waals surface area contributed by atoms with E-state index in [0.717, 1.165) is 57.8 Å². The van der Waals surface area contributed by atoms with E-state index in [2.05, 4.69) is 32.9 Å². The van der Waals surface area contributed by atoms with Gasteiger partial charge in [-0.1, -0.05) is 373 Å². The van der Waals surface area contributed by atoms with Crippen molar-refractivity contribution in [1.82, 2.24) is 0 Å². The zero-order chi connectivity index (χ0) is 57.8. The molecule has 0 fully saturated rings. The smallest absolute Gasteiger partial charge is 0.306 e. The molecule has 0 aromatic rings. The lowest BCUT2D eigenvalue weighted by molar-refractivity contribution is -0.167. The summed E-state index contributed by atoms with van der Waals surface area (Å²) in [5, 5.41) is 0. The van der Waals surface area contributed by atoms with Gasteiger partial charge in [-0.25, -0.2) is 0 Å². The van der Waals surface area contributed by atoms with Gasteiger partial charge in [-0.3, -0.25) is 14.4 Å². The summed E-state index contributed by atoms with van der Waals surface area (Å²) in [6.07, 6.45) is 84.0. The van der Waals surface area contributed by atoms with Crippen LogP contribution in [0.5, 0.6) is 0 Å². The first kappa shape index (κ1) is 78.1. The second kappa shape index (κ2) is 69.6. The Hall–Kier alpha value is -1.85. The molecule has 0 spiro atoms. The van der Waals surface area contributed by atoms with Crippen molar-refractivity contribution < 1.29 is 28.6 Å². The Balaban J connectivity index is 4.12. The maximum Gasteiger partial charge on any atom is 0.306 e. The number of hydrogen-bond donors (Lipinski definition) is 0. The van der Waals surface area contributed by atoms with Crippen LogP contribution in [0.25, 0.3) is 0 Å². The van der Waals surface area contributed by atoms with Gasteiger partial charge in [0.05, 0.1) is 0 Å². The lowest BCUT2D eigenvalue weighted by Crippen LogP contribution is -2.30. The van der Waals surface area contributed by atoms with Crippen molar-refractivity contribution in [2.45, 2.75) is 431 Å². The molecule has 0 aliphatic heterocycles. The number of carbonyl (C=O) groups excluding carboxylic acids is 3. The van der Waals surface area contributed by atoms with Crippen molar-refractivity contribution in [3.8, 4) is 0 Å². The fourth-order valence-electron chi connectivity index (χ4n) is 11.5. The molecular weight excluding hydrogens is 985 g/mol. The molecule has 0 bridgehead atoms. The molecule has 1 atom stereocenters. The van der Waals surface area contributed by atoms with Crippen LogP contribution in [-0.4, -0.2) is 37.2 Å². The van der Waals surface area contributed by atoms with Crippen LogP contribution >= 0.6 is 0 Å². The Kier molecular flexibility index (Phi) is 68.0. The van der Waals surface area contributed by atoms with Crippen molar-refractivity contribution in [3.63, 3.8) is 0 Å². The first-order valence-corrected chi connectivity index (χ1v) is 36.7. The molecule has 0 saturated heterocycles. The van der Waals surface area contributed by atoms with Gasteiger partial charge < -0.3 is 14.2 Å². The van der Waals surface area contributed by atoms with Gasteiger partial charge >= 0.3 is 17.9 Å². The summed E-state index contributed by atoms with van der Waals surface area (Å²) >= 11 is 0. The molecule has 6 heteroatoms. The van der Waals surface area contributed by atoms with E-state index in [-0.39, 0.29) is 31.1 Å². The van der Waals surface area contributed by atoms with Crippen LogP contribution in [0.2, 0.25) is 0 Å². The highest BCUT2D eigenvalue weighted by Gasteiger charge is 2.20. The Bertz CT molecular complexity index is 1250. The van der Waals surface area contributed by atoms with E-state index in [1.54, 1.807) is 0 Å². The summed E-state index contributed by atoms with van der Waals surface area (Å²) < 4.78 is 17.0. The van der Waals surface area contributed by atoms with Gasteiger partial charge in [0.2, 0.25) is 0 Å². The Morgan fingerprint density at radius 2 is 0.412 bits per heavy atom. The van der Waals surface area contributed by atoms with E-state index >= 15 is 0 Å². The summed E-state index contributed by atoms with van der Waals surface area (Å²) in [6, 6.07) is 0. The largest absolute Gasteiger partial charge is 0.462 e. The average molecular weight is 1130 g/mol. The molecule has 0 aromatic carbocycles. The number of hydrogen-bond acceptors (Lipinski definition) is 6. The van der Waals surface area contributed by atoms with Crippen LogP contribution in [0.3, 0.4) is 0 Å². The molecule has 6 nitrogen and oxygen atoms in total. The Morgan fingerprint density at radius 1 is 0.237 bits per heavy atom. The van der Waals surface area contributed by atoms with E-state index in [1.165, 1.54) is 327 Å². The lowest BCUT2D eigenvalue weighted by atomic mass is 10.0. The summed E-state index contributed by atoms with van der Waals surface area (Å²) in [5.74, 6) is -0.834. The fourth-order valence-corrected chi connectivity index (χ4v) is 11.5. The Morgan fingerprint density at radius 3 is 0.625 bits per heavy atom. The van der Waals surface area contributed by atoms with E-state index in [9.17, 15) is 14.4 Å². The number of rotatable bonds is 69. The standard InChI is InChI=1S/C74H142O6/c1-4-7-10-13-16-19-22-25-28-30-31-32-33-34-35-36-37-38-39-40-41-42-43-45-46-49-52-55-58-61-64-67-73(76)79-70-71(69-78-72(75)66-63-60-57-54-51-48-27-24-21-18-15-12-9-6-3)80-74(77)68-65-62-59-56-53-50-47-44-29-26-23-20-17-14-11-8-5-2/h26,29,71H,4-25,27-28,30-70H2,1-3H3/b29-26-. The van der Waals surface area contributed by atoms with Crippen molar-refractivity contribution in [2.75, 3.05) is 13.2 Å².